The quantitative estimate of drug-likeness (QED) is 0.417. The molecule has 0 saturated heterocycles. The van der Waals surface area contributed by atoms with E-state index >= 15 is 0 Å². The summed E-state index contributed by atoms with van der Waals surface area (Å²) in [7, 11) is 0. The molecule has 8 heteroatoms. The van der Waals surface area contributed by atoms with Crippen molar-refractivity contribution in [2.75, 3.05) is 5.32 Å². The highest BCUT2D eigenvalue weighted by Crippen LogP contribution is 2.27. The third kappa shape index (κ3) is 3.89. The molecule has 8 nitrogen and oxygen atoms in total. The largest absolute Gasteiger partial charge is 0.403 e. The summed E-state index contributed by atoms with van der Waals surface area (Å²) in [4.78, 5) is 18.0. The fourth-order valence-electron chi connectivity index (χ4n) is 4.32. The van der Waals surface area contributed by atoms with E-state index in [9.17, 15) is 4.79 Å². The van der Waals surface area contributed by atoms with Crippen LogP contribution in [0.1, 0.15) is 29.2 Å². The summed E-state index contributed by atoms with van der Waals surface area (Å²) in [6.45, 7) is 2.10. The van der Waals surface area contributed by atoms with Gasteiger partial charge in [0.05, 0.1) is 23.0 Å². The van der Waals surface area contributed by atoms with Gasteiger partial charge in [-0.05, 0) is 29.7 Å². The van der Waals surface area contributed by atoms with Gasteiger partial charge in [0, 0.05) is 23.7 Å². The summed E-state index contributed by atoms with van der Waals surface area (Å²) in [6.07, 6.45) is 3.91. The molecule has 1 N–H and O–H groups in total. The molecule has 0 spiro atoms. The number of anilines is 1. The lowest BCUT2D eigenvalue weighted by atomic mass is 9.96. The van der Waals surface area contributed by atoms with Crippen LogP contribution >= 0.6 is 0 Å². The van der Waals surface area contributed by atoms with Crippen molar-refractivity contribution < 1.29 is 9.21 Å². The van der Waals surface area contributed by atoms with Crippen LogP contribution in [-0.2, 0) is 17.6 Å². The van der Waals surface area contributed by atoms with Gasteiger partial charge in [-0.1, -0.05) is 66.6 Å². The molecule has 3 aromatic heterocycles. The number of carbonyl (C=O) groups is 1. The Morgan fingerprint density at radius 1 is 1.03 bits per heavy atom. The first-order chi connectivity index (χ1) is 17.2. The smallest absolute Gasteiger partial charge is 0.317 e. The summed E-state index contributed by atoms with van der Waals surface area (Å²) >= 11 is 0. The Bertz CT molecular complexity index is 1570. The van der Waals surface area contributed by atoms with Crippen LogP contribution in [-0.4, -0.2) is 37.5 Å². The Hall–Kier alpha value is -4.59. The summed E-state index contributed by atoms with van der Waals surface area (Å²) in [6, 6.07) is 21.9. The molecular formula is C27H22N6O2. The fourth-order valence-corrected chi connectivity index (χ4v) is 4.32. The lowest BCUT2D eigenvalue weighted by Crippen LogP contribution is -2.29. The van der Waals surface area contributed by atoms with Gasteiger partial charge in [0.2, 0.25) is 0 Å². The van der Waals surface area contributed by atoms with Crippen LogP contribution in [0.3, 0.4) is 0 Å². The average Bonchev–Trinajstić information content (AvgIpc) is 3.50. The lowest BCUT2D eigenvalue weighted by Gasteiger charge is -2.11. The van der Waals surface area contributed by atoms with Gasteiger partial charge in [-0.2, -0.15) is 5.10 Å². The number of Topliss-reactive ketones (excluding diaryl/α,β-unsaturated/α-hetero) is 1. The highest BCUT2D eigenvalue weighted by molar-refractivity contribution is 6.16. The molecule has 1 atom stereocenters. The van der Waals surface area contributed by atoms with E-state index in [0.29, 0.717) is 5.89 Å². The standard InChI is InChI=1S/C27H22N6O2/c1-2-17-12-13-33-22(14-17)21(16-28-33)26-31-32-27(35-26)30-25-23(34)15-19-10-6-7-11-20(19)24(29-25)18-8-4-3-5-9-18/h3-14,16,25H,2,15H2,1H3,(H,30,32)/t25-/m1/s1. The van der Waals surface area contributed by atoms with Crippen molar-refractivity contribution in [1.29, 1.82) is 0 Å². The number of aliphatic imine (C=N–C) groups is 1. The summed E-state index contributed by atoms with van der Waals surface area (Å²) in [5.74, 6) is 0.249. The molecule has 0 unspecified atom stereocenters. The Kier molecular flexibility index (Phi) is 5.18. The molecule has 1 aliphatic rings. The Morgan fingerprint density at radius 2 is 1.86 bits per heavy atom. The van der Waals surface area contributed by atoms with E-state index in [2.05, 4.69) is 33.6 Å². The van der Waals surface area contributed by atoms with Gasteiger partial charge in [0.1, 0.15) is 0 Å². The summed E-state index contributed by atoms with van der Waals surface area (Å²) in [5.41, 5.74) is 6.36. The zero-order chi connectivity index (χ0) is 23.8. The number of nitrogens with one attached hydrogen (secondary N) is 1. The van der Waals surface area contributed by atoms with Crippen molar-refractivity contribution in [3.63, 3.8) is 0 Å². The maximum absolute atomic E-state index is 13.2. The number of hydrogen-bond donors (Lipinski definition) is 1. The monoisotopic (exact) mass is 462 g/mol. The van der Waals surface area contributed by atoms with Gasteiger partial charge in [-0.25, -0.2) is 4.52 Å². The molecule has 6 rings (SSSR count). The van der Waals surface area contributed by atoms with Gasteiger partial charge < -0.3 is 9.73 Å². The number of aromatic nitrogens is 4. The maximum Gasteiger partial charge on any atom is 0.317 e. The molecule has 172 valence electrons. The minimum absolute atomic E-state index is 0.0771. The number of carbonyl (C=O) groups excluding carboxylic acids is 1. The van der Waals surface area contributed by atoms with Gasteiger partial charge in [-0.15, -0.1) is 5.10 Å². The van der Waals surface area contributed by atoms with Gasteiger partial charge in [0.15, 0.2) is 11.9 Å². The van der Waals surface area contributed by atoms with E-state index in [4.69, 9.17) is 9.41 Å². The lowest BCUT2D eigenvalue weighted by molar-refractivity contribution is -0.119. The number of nitrogens with zero attached hydrogens (tertiary/aromatic N) is 5. The molecule has 1 aliphatic heterocycles. The molecule has 0 bridgehead atoms. The first kappa shape index (κ1) is 21.0. The maximum atomic E-state index is 13.2. The second kappa shape index (κ2) is 8.64. The molecule has 0 radical (unpaired) electrons. The van der Waals surface area contributed by atoms with Crippen LogP contribution in [0.2, 0.25) is 0 Å². The van der Waals surface area contributed by atoms with Crippen LogP contribution in [0.4, 0.5) is 6.01 Å². The number of benzene rings is 2. The van der Waals surface area contributed by atoms with Gasteiger partial charge in [-0.3, -0.25) is 9.79 Å². The number of rotatable bonds is 5. The first-order valence-corrected chi connectivity index (χ1v) is 11.5. The Morgan fingerprint density at radius 3 is 2.71 bits per heavy atom. The van der Waals surface area contributed by atoms with Gasteiger partial charge >= 0.3 is 6.01 Å². The normalized spacial score (nSPS) is 15.5. The first-order valence-electron chi connectivity index (χ1n) is 11.5. The number of aryl methyl sites for hydroxylation is 1. The average molecular weight is 463 g/mol. The van der Waals surface area contributed by atoms with Crippen LogP contribution in [0, 0.1) is 0 Å². The second-order valence-corrected chi connectivity index (χ2v) is 8.38. The van der Waals surface area contributed by atoms with Crippen LogP contribution in [0.25, 0.3) is 17.0 Å². The van der Waals surface area contributed by atoms with Crippen molar-refractivity contribution >= 4 is 23.0 Å². The highest BCUT2D eigenvalue weighted by Gasteiger charge is 2.27. The molecule has 0 saturated carbocycles. The SMILES string of the molecule is CCc1ccn2ncc(-c3nnc(N[C@H]4N=C(c5ccccc5)c5ccccc5CC4=O)o3)c2c1. The van der Waals surface area contributed by atoms with Crippen LogP contribution in [0.15, 0.2) is 88.5 Å². The van der Waals surface area contributed by atoms with E-state index in [0.717, 1.165) is 39.9 Å². The molecule has 0 amide bonds. The minimum Gasteiger partial charge on any atom is -0.403 e. The highest BCUT2D eigenvalue weighted by atomic mass is 16.4. The van der Waals surface area contributed by atoms with E-state index in [-0.39, 0.29) is 18.2 Å². The van der Waals surface area contributed by atoms with Crippen molar-refractivity contribution in [2.45, 2.75) is 25.9 Å². The molecule has 5 aromatic rings. The number of hydrogen-bond acceptors (Lipinski definition) is 7. The minimum atomic E-state index is -0.860. The van der Waals surface area contributed by atoms with E-state index in [1.807, 2.05) is 66.9 Å². The van der Waals surface area contributed by atoms with Gasteiger partial charge in [0.25, 0.3) is 5.89 Å². The molecule has 4 heterocycles. The fraction of sp³-hybridized carbons (Fsp3) is 0.148. The Balaban J connectivity index is 1.35. The molecule has 2 aromatic carbocycles. The zero-order valence-corrected chi connectivity index (χ0v) is 19.0. The van der Waals surface area contributed by atoms with Crippen molar-refractivity contribution in [3.8, 4) is 11.5 Å². The van der Waals surface area contributed by atoms with Crippen LogP contribution in [0.5, 0.6) is 0 Å². The summed E-state index contributed by atoms with van der Waals surface area (Å²) < 4.78 is 7.68. The zero-order valence-electron chi connectivity index (χ0n) is 19.0. The number of pyridine rings is 1. The van der Waals surface area contributed by atoms with E-state index in [1.165, 1.54) is 5.56 Å². The van der Waals surface area contributed by atoms with E-state index < -0.39 is 6.17 Å². The predicted molar refractivity (Wildman–Crippen MR) is 133 cm³/mol. The predicted octanol–water partition coefficient (Wildman–Crippen LogP) is 4.35. The van der Waals surface area contributed by atoms with Crippen molar-refractivity contribution in [3.05, 3.63) is 101 Å². The second-order valence-electron chi connectivity index (χ2n) is 8.38. The Labute approximate surface area is 201 Å². The summed E-state index contributed by atoms with van der Waals surface area (Å²) in [5, 5.41) is 15.8. The number of fused-ring (bicyclic) bond motifs is 2. The van der Waals surface area contributed by atoms with Crippen molar-refractivity contribution in [1.82, 2.24) is 19.8 Å². The third-order valence-corrected chi connectivity index (χ3v) is 6.16. The molecule has 35 heavy (non-hydrogen) atoms. The molecule has 0 fully saturated rings. The van der Waals surface area contributed by atoms with Crippen LogP contribution < -0.4 is 5.32 Å². The van der Waals surface area contributed by atoms with Crippen molar-refractivity contribution in [2.24, 2.45) is 4.99 Å². The van der Waals surface area contributed by atoms with E-state index in [1.54, 1.807) is 10.7 Å². The topological polar surface area (TPSA) is 97.7 Å². The molecular weight excluding hydrogens is 440 g/mol. The number of ketones is 1. The third-order valence-electron chi connectivity index (χ3n) is 6.16. The molecule has 0 aliphatic carbocycles.